The van der Waals surface area contributed by atoms with Crippen LogP contribution in [0, 0.1) is 0 Å². The molecule has 1 N–H and O–H groups in total. The molecule has 7 heteroatoms. The highest BCUT2D eigenvalue weighted by molar-refractivity contribution is 6.04. The highest BCUT2D eigenvalue weighted by Crippen LogP contribution is 2.45. The van der Waals surface area contributed by atoms with Crippen LogP contribution in [0.25, 0.3) is 0 Å². The molecule has 3 aromatic carbocycles. The molecule has 3 aliphatic rings. The number of hydrogen-bond acceptors (Lipinski definition) is 7. The Bertz CT molecular complexity index is 1240. The smallest absolute Gasteiger partial charge is 0.199 e. The average Bonchev–Trinajstić information content (AvgIpc) is 2.95. The van der Waals surface area contributed by atoms with Crippen molar-refractivity contribution in [3.63, 3.8) is 0 Å². The number of benzene rings is 3. The minimum Gasteiger partial charge on any atom is -0.508 e. The zero-order valence-corrected chi connectivity index (χ0v) is 21.2. The van der Waals surface area contributed by atoms with Gasteiger partial charge in [-0.15, -0.1) is 0 Å². The van der Waals surface area contributed by atoms with Crippen LogP contribution in [0.2, 0.25) is 0 Å². The third-order valence-electron chi connectivity index (χ3n) is 7.33. The first-order valence-corrected chi connectivity index (χ1v) is 13.4. The van der Waals surface area contributed by atoms with Crippen molar-refractivity contribution in [2.45, 2.75) is 63.1 Å². The Kier molecular flexibility index (Phi) is 7.20. The molecule has 3 aromatic rings. The molecule has 0 aliphatic carbocycles. The number of rotatable bonds is 6. The maximum absolute atomic E-state index is 13.9. The molecule has 2 saturated heterocycles. The second-order valence-corrected chi connectivity index (χ2v) is 10.0. The molecular weight excluding hydrogens is 484 g/mol. The number of carbonyl (C=O) groups is 1. The number of hydrogen-bond donors (Lipinski definition) is 1. The van der Waals surface area contributed by atoms with Crippen LogP contribution in [-0.4, -0.2) is 36.7 Å². The van der Waals surface area contributed by atoms with E-state index in [0.29, 0.717) is 36.0 Å². The summed E-state index contributed by atoms with van der Waals surface area (Å²) in [5.74, 6) is 1.35. The maximum atomic E-state index is 13.9. The molecule has 0 bridgehead atoms. The van der Waals surface area contributed by atoms with Gasteiger partial charge in [-0.2, -0.15) is 0 Å². The van der Waals surface area contributed by atoms with Crippen molar-refractivity contribution in [1.29, 1.82) is 0 Å². The Morgan fingerprint density at radius 1 is 0.711 bits per heavy atom. The van der Waals surface area contributed by atoms with Gasteiger partial charge in [0.05, 0.1) is 24.7 Å². The Hall–Kier alpha value is -3.55. The Balaban J connectivity index is 1.29. The van der Waals surface area contributed by atoms with Gasteiger partial charge in [-0.05, 0) is 73.2 Å². The minimum atomic E-state index is -0.578. The summed E-state index contributed by atoms with van der Waals surface area (Å²) in [5.41, 5.74) is 2.13. The van der Waals surface area contributed by atoms with E-state index in [1.165, 1.54) is 0 Å². The van der Waals surface area contributed by atoms with Crippen molar-refractivity contribution in [2.24, 2.45) is 0 Å². The van der Waals surface area contributed by atoms with Crippen LogP contribution in [0.15, 0.2) is 66.7 Å². The van der Waals surface area contributed by atoms with E-state index < -0.39 is 12.0 Å². The largest absolute Gasteiger partial charge is 0.508 e. The molecular formula is C31H32O7. The molecule has 6 rings (SSSR count). The van der Waals surface area contributed by atoms with Crippen molar-refractivity contribution in [2.75, 3.05) is 13.2 Å². The predicted molar refractivity (Wildman–Crippen MR) is 140 cm³/mol. The van der Waals surface area contributed by atoms with Crippen molar-refractivity contribution >= 4 is 5.78 Å². The molecule has 38 heavy (non-hydrogen) atoms. The normalized spacial score (nSPS) is 25.2. The number of Topliss-reactive ketones (excluding diaryl/α,β-unsaturated/α-hetero) is 1. The van der Waals surface area contributed by atoms with Gasteiger partial charge in [0.25, 0.3) is 0 Å². The Labute approximate surface area is 222 Å². The first kappa shape index (κ1) is 24.8. The molecule has 0 spiro atoms. The quantitative estimate of drug-likeness (QED) is 0.411. The van der Waals surface area contributed by atoms with E-state index in [4.69, 9.17) is 23.7 Å². The van der Waals surface area contributed by atoms with Crippen molar-refractivity contribution in [1.82, 2.24) is 0 Å². The van der Waals surface area contributed by atoms with Crippen molar-refractivity contribution < 1.29 is 33.6 Å². The monoisotopic (exact) mass is 516 g/mol. The Morgan fingerprint density at radius 2 is 1.32 bits per heavy atom. The van der Waals surface area contributed by atoms with E-state index in [2.05, 4.69) is 0 Å². The molecule has 2 fully saturated rings. The molecule has 0 saturated carbocycles. The van der Waals surface area contributed by atoms with E-state index in [1.54, 1.807) is 42.5 Å². The van der Waals surface area contributed by atoms with Crippen LogP contribution in [0.1, 0.15) is 72.0 Å². The summed E-state index contributed by atoms with van der Waals surface area (Å²) in [7, 11) is 0. The first-order valence-electron chi connectivity index (χ1n) is 13.4. The number of carbonyl (C=O) groups excluding carboxylic acids is 1. The number of ether oxygens (including phenoxy) is 5. The second kappa shape index (κ2) is 11.1. The standard InChI is InChI=1S/C31H32O7/c32-22-11-7-21(8-12-22)31-29(20-9-13-23(14-10-20)36-27-5-1-3-17-34-27)30(33)25-16-15-24(19-26(25)38-31)37-28-6-2-4-18-35-28/h7-16,19,27-29,31-32H,1-6,17-18H2. The molecule has 3 heterocycles. The van der Waals surface area contributed by atoms with Gasteiger partial charge in [-0.1, -0.05) is 24.3 Å². The lowest BCUT2D eigenvalue weighted by molar-refractivity contribution is -0.106. The van der Waals surface area contributed by atoms with Crippen molar-refractivity contribution in [3.8, 4) is 23.0 Å². The topological polar surface area (TPSA) is 83.5 Å². The third kappa shape index (κ3) is 5.35. The lowest BCUT2D eigenvalue weighted by atomic mass is 9.81. The number of aromatic hydroxyl groups is 1. The SMILES string of the molecule is O=C1c2ccc(OC3CCCCO3)cc2OC(c2ccc(O)cc2)C1c1ccc(OC2CCCCO2)cc1. The molecule has 0 aromatic heterocycles. The molecule has 4 unspecified atom stereocenters. The van der Waals surface area contributed by atoms with E-state index >= 15 is 0 Å². The van der Waals surface area contributed by atoms with E-state index in [0.717, 1.165) is 49.7 Å². The highest BCUT2D eigenvalue weighted by atomic mass is 16.7. The molecule has 7 nitrogen and oxygen atoms in total. The first-order chi connectivity index (χ1) is 18.6. The highest BCUT2D eigenvalue weighted by Gasteiger charge is 2.39. The summed E-state index contributed by atoms with van der Waals surface area (Å²) in [6.07, 6.45) is 4.85. The van der Waals surface area contributed by atoms with Gasteiger partial charge in [0.15, 0.2) is 18.4 Å². The molecule has 198 valence electrons. The summed E-state index contributed by atoms with van der Waals surface area (Å²) in [5, 5.41) is 9.84. The lowest BCUT2D eigenvalue weighted by Gasteiger charge is -2.34. The minimum absolute atomic E-state index is 0.0333. The fourth-order valence-corrected chi connectivity index (χ4v) is 5.30. The van der Waals surface area contributed by atoms with Crippen LogP contribution in [0.4, 0.5) is 0 Å². The molecule has 3 aliphatic heterocycles. The van der Waals surface area contributed by atoms with Gasteiger partial charge in [-0.25, -0.2) is 0 Å². The summed E-state index contributed by atoms with van der Waals surface area (Å²) in [4.78, 5) is 13.9. The van der Waals surface area contributed by atoms with E-state index in [-0.39, 0.29) is 24.1 Å². The van der Waals surface area contributed by atoms with Gasteiger partial charge in [0.1, 0.15) is 29.1 Å². The Morgan fingerprint density at radius 3 is 1.95 bits per heavy atom. The number of phenols is 1. The van der Waals surface area contributed by atoms with Gasteiger partial charge in [0.2, 0.25) is 0 Å². The lowest BCUT2D eigenvalue weighted by Crippen LogP contribution is -2.30. The van der Waals surface area contributed by atoms with Crippen LogP contribution in [0.5, 0.6) is 23.0 Å². The zero-order chi connectivity index (χ0) is 25.9. The van der Waals surface area contributed by atoms with Crippen molar-refractivity contribution in [3.05, 3.63) is 83.4 Å². The fraction of sp³-hybridized carbons (Fsp3) is 0.387. The zero-order valence-electron chi connectivity index (χ0n) is 21.2. The van der Waals surface area contributed by atoms with Gasteiger partial charge < -0.3 is 28.8 Å². The molecule has 4 atom stereocenters. The summed E-state index contributed by atoms with van der Waals surface area (Å²) in [6.45, 7) is 1.40. The van der Waals surface area contributed by atoms with Gasteiger partial charge in [-0.3, -0.25) is 4.79 Å². The second-order valence-electron chi connectivity index (χ2n) is 10.0. The van der Waals surface area contributed by atoms with E-state index in [1.807, 2.05) is 24.3 Å². The van der Waals surface area contributed by atoms with Crippen LogP contribution >= 0.6 is 0 Å². The number of ketones is 1. The summed E-state index contributed by atoms with van der Waals surface area (Å²) >= 11 is 0. The number of fused-ring (bicyclic) bond motifs is 1. The van der Waals surface area contributed by atoms with E-state index in [9.17, 15) is 9.90 Å². The predicted octanol–water partition coefficient (Wildman–Crippen LogP) is 6.30. The van der Waals surface area contributed by atoms with Crippen LogP contribution < -0.4 is 14.2 Å². The van der Waals surface area contributed by atoms with Gasteiger partial charge >= 0.3 is 0 Å². The molecule has 0 radical (unpaired) electrons. The number of phenolic OH excluding ortho intramolecular Hbond substituents is 1. The van der Waals surface area contributed by atoms with Crippen LogP contribution in [-0.2, 0) is 9.47 Å². The molecule has 0 amide bonds. The fourth-order valence-electron chi connectivity index (χ4n) is 5.30. The van der Waals surface area contributed by atoms with Gasteiger partial charge in [0, 0.05) is 18.9 Å². The average molecular weight is 517 g/mol. The maximum Gasteiger partial charge on any atom is 0.199 e. The van der Waals surface area contributed by atoms with Crippen LogP contribution in [0.3, 0.4) is 0 Å². The summed E-state index contributed by atoms with van der Waals surface area (Å²) in [6, 6.07) is 19.7. The summed E-state index contributed by atoms with van der Waals surface area (Å²) < 4.78 is 29.9. The third-order valence-corrected chi connectivity index (χ3v) is 7.33.